The van der Waals surface area contributed by atoms with Gasteiger partial charge in [-0.15, -0.1) is 0 Å². The minimum absolute atomic E-state index is 0.115. The number of carbonyl (C=O) groups excluding carboxylic acids is 1. The monoisotopic (exact) mass is 390 g/mol. The number of anilines is 2. The molecule has 2 N–H and O–H groups in total. The van der Waals surface area contributed by atoms with Crippen molar-refractivity contribution in [2.45, 2.75) is 6.04 Å². The molecule has 1 atom stereocenters. The highest BCUT2D eigenvalue weighted by Crippen LogP contribution is 2.19. The zero-order valence-corrected chi connectivity index (χ0v) is 16.1. The molecule has 1 aliphatic rings. The van der Waals surface area contributed by atoms with Gasteiger partial charge in [-0.05, 0) is 24.3 Å². The lowest BCUT2D eigenvalue weighted by atomic mass is 10.2. The van der Waals surface area contributed by atoms with E-state index in [2.05, 4.69) is 15.6 Å². The van der Waals surface area contributed by atoms with Crippen molar-refractivity contribution in [1.82, 2.24) is 19.9 Å². The van der Waals surface area contributed by atoms with Crippen LogP contribution in [0.3, 0.4) is 0 Å². The van der Waals surface area contributed by atoms with Gasteiger partial charge in [0.2, 0.25) is 11.9 Å². The summed E-state index contributed by atoms with van der Waals surface area (Å²) in [6.07, 6.45) is 3.34. The van der Waals surface area contributed by atoms with Crippen LogP contribution >= 0.6 is 0 Å². The maximum absolute atomic E-state index is 12.7. The van der Waals surface area contributed by atoms with Gasteiger partial charge in [0.1, 0.15) is 6.04 Å². The van der Waals surface area contributed by atoms with Crippen LogP contribution in [0.15, 0.2) is 65.7 Å². The van der Waals surface area contributed by atoms with Gasteiger partial charge in [-0.3, -0.25) is 19.1 Å². The Morgan fingerprint density at radius 2 is 1.93 bits per heavy atom. The normalized spacial score (nSPS) is 16.4. The number of aromatic nitrogens is 3. The first-order valence-corrected chi connectivity index (χ1v) is 9.44. The van der Waals surface area contributed by atoms with Gasteiger partial charge in [-0.1, -0.05) is 18.2 Å². The van der Waals surface area contributed by atoms with E-state index in [4.69, 9.17) is 4.98 Å². The number of nitrogens with one attached hydrogen (secondary N) is 2. The second kappa shape index (κ2) is 8.24. The lowest BCUT2D eigenvalue weighted by Crippen LogP contribution is -2.56. The Labute approximate surface area is 168 Å². The molecule has 148 valence electrons. The number of hydrogen-bond donors (Lipinski definition) is 2. The van der Waals surface area contributed by atoms with Crippen LogP contribution in [-0.4, -0.2) is 46.1 Å². The van der Waals surface area contributed by atoms with E-state index >= 15 is 0 Å². The number of pyridine rings is 1. The Balaban J connectivity index is 1.57. The molecular weight excluding hydrogens is 368 g/mol. The van der Waals surface area contributed by atoms with Crippen molar-refractivity contribution in [2.24, 2.45) is 7.05 Å². The summed E-state index contributed by atoms with van der Waals surface area (Å²) < 4.78 is 1.52. The smallest absolute Gasteiger partial charge is 0.255 e. The summed E-state index contributed by atoms with van der Waals surface area (Å²) in [7, 11) is 1.70. The summed E-state index contributed by atoms with van der Waals surface area (Å²) in [6, 6.07) is 14.1. The molecule has 1 amide bonds. The minimum atomic E-state index is -0.412. The van der Waals surface area contributed by atoms with Gasteiger partial charge in [0.15, 0.2) is 0 Å². The summed E-state index contributed by atoms with van der Waals surface area (Å²) >= 11 is 0. The molecule has 0 aliphatic carbocycles. The highest BCUT2D eigenvalue weighted by molar-refractivity contribution is 5.95. The Morgan fingerprint density at radius 3 is 2.69 bits per heavy atom. The van der Waals surface area contributed by atoms with Crippen LogP contribution in [0.25, 0.3) is 11.3 Å². The summed E-state index contributed by atoms with van der Waals surface area (Å²) in [4.78, 5) is 35.9. The molecule has 1 aromatic carbocycles. The molecule has 0 bridgehead atoms. The van der Waals surface area contributed by atoms with E-state index in [1.54, 1.807) is 19.4 Å². The number of piperazine rings is 1. The third-order valence-electron chi connectivity index (χ3n) is 4.90. The zero-order chi connectivity index (χ0) is 20.2. The molecule has 0 radical (unpaired) electrons. The first-order chi connectivity index (χ1) is 14.1. The summed E-state index contributed by atoms with van der Waals surface area (Å²) in [5.74, 6) is 0.430. The van der Waals surface area contributed by atoms with Gasteiger partial charge >= 0.3 is 0 Å². The van der Waals surface area contributed by atoms with Crippen LogP contribution < -0.4 is 21.1 Å². The number of carbonyl (C=O) groups is 1. The molecule has 1 fully saturated rings. The van der Waals surface area contributed by atoms with Crippen LogP contribution in [0.4, 0.5) is 11.6 Å². The fourth-order valence-electron chi connectivity index (χ4n) is 3.34. The fraction of sp³-hybridized carbons (Fsp3) is 0.238. The molecule has 4 rings (SSSR count). The van der Waals surface area contributed by atoms with Crippen molar-refractivity contribution >= 4 is 17.5 Å². The van der Waals surface area contributed by atoms with E-state index in [0.717, 1.165) is 11.3 Å². The molecule has 29 heavy (non-hydrogen) atoms. The molecule has 3 heterocycles. The van der Waals surface area contributed by atoms with Crippen molar-refractivity contribution < 1.29 is 4.79 Å². The number of para-hydroxylation sites is 1. The number of rotatable bonds is 4. The average Bonchev–Trinajstić information content (AvgIpc) is 2.77. The predicted octanol–water partition coefficient (Wildman–Crippen LogP) is 1.26. The van der Waals surface area contributed by atoms with Crippen molar-refractivity contribution in [3.63, 3.8) is 0 Å². The van der Waals surface area contributed by atoms with Crippen LogP contribution in [0.5, 0.6) is 0 Å². The Morgan fingerprint density at radius 1 is 1.17 bits per heavy atom. The third kappa shape index (κ3) is 4.17. The average molecular weight is 390 g/mol. The summed E-state index contributed by atoms with van der Waals surface area (Å²) in [5, 5.41) is 6.16. The summed E-state index contributed by atoms with van der Waals surface area (Å²) in [6.45, 7) is 1.68. The molecule has 8 heteroatoms. The molecule has 0 saturated carbocycles. The van der Waals surface area contributed by atoms with Gasteiger partial charge in [0.05, 0.1) is 5.69 Å². The fourth-order valence-corrected chi connectivity index (χ4v) is 3.34. The second-order valence-corrected chi connectivity index (χ2v) is 6.88. The first-order valence-electron chi connectivity index (χ1n) is 9.44. The number of nitrogens with zero attached hydrogens (tertiary/aromatic N) is 4. The van der Waals surface area contributed by atoms with E-state index in [1.165, 1.54) is 10.6 Å². The molecule has 3 aromatic rings. The molecule has 2 aromatic heterocycles. The van der Waals surface area contributed by atoms with E-state index < -0.39 is 6.04 Å². The zero-order valence-electron chi connectivity index (χ0n) is 16.1. The van der Waals surface area contributed by atoms with Crippen molar-refractivity contribution in [3.8, 4) is 11.3 Å². The highest BCUT2D eigenvalue weighted by atomic mass is 16.2. The van der Waals surface area contributed by atoms with E-state index in [0.29, 0.717) is 31.3 Å². The lowest BCUT2D eigenvalue weighted by Gasteiger charge is -2.34. The maximum Gasteiger partial charge on any atom is 0.255 e. The van der Waals surface area contributed by atoms with E-state index in [1.807, 2.05) is 47.4 Å². The quantitative estimate of drug-likeness (QED) is 0.697. The second-order valence-electron chi connectivity index (χ2n) is 6.88. The predicted molar refractivity (Wildman–Crippen MR) is 112 cm³/mol. The third-order valence-corrected chi connectivity index (χ3v) is 4.90. The molecular formula is C21H22N6O2. The number of hydrogen-bond acceptors (Lipinski definition) is 6. The van der Waals surface area contributed by atoms with Crippen LogP contribution in [-0.2, 0) is 11.8 Å². The van der Waals surface area contributed by atoms with Gasteiger partial charge in [-0.2, -0.15) is 0 Å². The van der Waals surface area contributed by atoms with Gasteiger partial charge in [0.25, 0.3) is 5.56 Å². The van der Waals surface area contributed by atoms with E-state index in [9.17, 15) is 9.59 Å². The molecule has 8 nitrogen and oxygen atoms in total. The van der Waals surface area contributed by atoms with Crippen molar-refractivity contribution in [3.05, 3.63) is 71.3 Å². The Bertz CT molecular complexity index is 1050. The molecule has 1 saturated heterocycles. The number of amides is 1. The standard InChI is InChI=1S/C21H22N6O2/c1-26-19(28)13-17(15-7-9-22-10-8-15)25-21(26)27-12-11-23-18(14-27)20(29)24-16-5-3-2-4-6-16/h2-10,13,18,23H,11-12,14H2,1H3,(H,24,29). The molecule has 1 unspecified atom stereocenters. The van der Waals surface area contributed by atoms with E-state index in [-0.39, 0.29) is 11.5 Å². The number of benzene rings is 1. The highest BCUT2D eigenvalue weighted by Gasteiger charge is 2.27. The van der Waals surface area contributed by atoms with Gasteiger partial charge < -0.3 is 15.5 Å². The first kappa shape index (κ1) is 18.8. The SMILES string of the molecule is Cn1c(N2CCNC(C(=O)Nc3ccccc3)C2)nc(-c2ccncc2)cc1=O. The summed E-state index contributed by atoms with van der Waals surface area (Å²) in [5.41, 5.74) is 2.02. The van der Waals surface area contributed by atoms with Crippen molar-refractivity contribution in [1.29, 1.82) is 0 Å². The largest absolute Gasteiger partial charge is 0.339 e. The molecule has 1 aliphatic heterocycles. The topological polar surface area (TPSA) is 92.2 Å². The van der Waals surface area contributed by atoms with Crippen LogP contribution in [0.1, 0.15) is 0 Å². The molecule has 0 spiro atoms. The Kier molecular flexibility index (Phi) is 5.35. The van der Waals surface area contributed by atoms with Crippen LogP contribution in [0.2, 0.25) is 0 Å². The lowest BCUT2D eigenvalue weighted by molar-refractivity contribution is -0.118. The van der Waals surface area contributed by atoms with Gasteiger partial charge in [-0.25, -0.2) is 4.98 Å². The minimum Gasteiger partial charge on any atom is -0.339 e. The Hall–Kier alpha value is -3.52. The maximum atomic E-state index is 12.7. The van der Waals surface area contributed by atoms with Crippen LogP contribution in [0, 0.1) is 0 Å². The van der Waals surface area contributed by atoms with Gasteiger partial charge in [0, 0.05) is 56.4 Å². The van der Waals surface area contributed by atoms with Crippen molar-refractivity contribution in [2.75, 3.05) is 29.9 Å².